The molecule has 1 atom stereocenters. The van der Waals surface area contributed by atoms with E-state index in [9.17, 15) is 4.79 Å². The number of aromatic nitrogens is 2. The zero-order valence-electron chi connectivity index (χ0n) is 12.0. The van der Waals surface area contributed by atoms with E-state index in [-0.39, 0.29) is 17.6 Å². The molecule has 0 aliphatic rings. The summed E-state index contributed by atoms with van der Waals surface area (Å²) in [6.45, 7) is 0.478. The molecule has 2 aromatic rings. The van der Waals surface area contributed by atoms with E-state index in [2.05, 4.69) is 21.8 Å². The van der Waals surface area contributed by atoms with Crippen LogP contribution in [0.4, 0.5) is 5.95 Å². The van der Waals surface area contributed by atoms with E-state index in [1.54, 1.807) is 32.4 Å². The van der Waals surface area contributed by atoms with Gasteiger partial charge in [-0.2, -0.15) is 0 Å². The van der Waals surface area contributed by atoms with Gasteiger partial charge in [0.15, 0.2) is 0 Å². The molecule has 21 heavy (non-hydrogen) atoms. The first-order valence-electron chi connectivity index (χ1n) is 6.44. The van der Waals surface area contributed by atoms with Gasteiger partial charge in [0.05, 0.1) is 29.2 Å². The summed E-state index contributed by atoms with van der Waals surface area (Å²) in [6, 6.07) is 5.26. The summed E-state index contributed by atoms with van der Waals surface area (Å²) >= 11 is 0. The van der Waals surface area contributed by atoms with E-state index in [1.165, 1.54) is 0 Å². The Labute approximate surface area is 122 Å². The van der Waals surface area contributed by atoms with Crippen LogP contribution < -0.4 is 11.3 Å². The number of nitrogens with zero attached hydrogens (tertiary/aromatic N) is 1. The number of aromatic amines is 1. The Morgan fingerprint density at radius 1 is 1.43 bits per heavy atom. The van der Waals surface area contributed by atoms with Gasteiger partial charge in [-0.25, -0.2) is 4.98 Å². The number of nitrogens with one attached hydrogen (secondary N) is 1. The van der Waals surface area contributed by atoms with Crippen molar-refractivity contribution in [2.75, 3.05) is 26.6 Å². The van der Waals surface area contributed by atoms with E-state index >= 15 is 0 Å². The number of H-pyrrole nitrogens is 1. The second-order valence-corrected chi connectivity index (χ2v) is 4.47. The topological polar surface area (TPSA) is 90.2 Å². The molecule has 6 heteroatoms. The van der Waals surface area contributed by atoms with Gasteiger partial charge in [-0.15, -0.1) is 0 Å². The number of nitrogens with two attached hydrogens (primary N) is 1. The van der Waals surface area contributed by atoms with Crippen LogP contribution in [0.1, 0.15) is 12.0 Å². The van der Waals surface area contributed by atoms with Crippen LogP contribution in [0.25, 0.3) is 10.9 Å². The number of rotatable bonds is 4. The van der Waals surface area contributed by atoms with Crippen molar-refractivity contribution in [2.24, 2.45) is 0 Å². The summed E-state index contributed by atoms with van der Waals surface area (Å²) in [4.78, 5) is 18.4. The lowest BCUT2D eigenvalue weighted by Gasteiger charge is -2.09. The normalized spacial score (nSPS) is 11.9. The van der Waals surface area contributed by atoms with Crippen molar-refractivity contribution in [1.82, 2.24) is 9.97 Å². The van der Waals surface area contributed by atoms with Crippen molar-refractivity contribution in [3.05, 3.63) is 34.1 Å². The third-order valence-corrected chi connectivity index (χ3v) is 2.99. The molecule has 0 bridgehead atoms. The van der Waals surface area contributed by atoms with E-state index in [1.807, 2.05) is 0 Å². The van der Waals surface area contributed by atoms with E-state index in [0.717, 1.165) is 0 Å². The van der Waals surface area contributed by atoms with E-state index in [4.69, 9.17) is 15.2 Å². The Bertz CT molecular complexity index is 743. The summed E-state index contributed by atoms with van der Waals surface area (Å²) in [6.07, 6.45) is 0.443. The molecule has 0 fully saturated rings. The van der Waals surface area contributed by atoms with Gasteiger partial charge in [0.25, 0.3) is 5.56 Å². The first-order valence-corrected chi connectivity index (χ1v) is 6.44. The van der Waals surface area contributed by atoms with Gasteiger partial charge in [0, 0.05) is 20.6 Å². The monoisotopic (exact) mass is 287 g/mol. The van der Waals surface area contributed by atoms with Gasteiger partial charge in [-0.1, -0.05) is 17.9 Å². The number of hydrogen-bond donors (Lipinski definition) is 2. The molecule has 0 amide bonds. The average Bonchev–Trinajstić information content (AvgIpc) is 2.46. The Hall–Kier alpha value is -2.36. The molecule has 3 N–H and O–H groups in total. The second kappa shape index (κ2) is 6.88. The minimum Gasteiger partial charge on any atom is -0.382 e. The fourth-order valence-corrected chi connectivity index (χ4v) is 1.94. The molecule has 1 aromatic carbocycles. The first kappa shape index (κ1) is 15.0. The summed E-state index contributed by atoms with van der Waals surface area (Å²) in [7, 11) is 3.23. The molecule has 0 spiro atoms. The molecule has 0 aliphatic carbocycles. The van der Waals surface area contributed by atoms with E-state index in [0.29, 0.717) is 29.5 Å². The van der Waals surface area contributed by atoms with Crippen LogP contribution in [0.3, 0.4) is 0 Å². The maximum atomic E-state index is 11.8. The van der Waals surface area contributed by atoms with Crippen LogP contribution in [0.5, 0.6) is 0 Å². The number of hydrogen-bond acceptors (Lipinski definition) is 5. The number of ether oxygens (including phenoxy) is 2. The van der Waals surface area contributed by atoms with Crippen molar-refractivity contribution in [3.63, 3.8) is 0 Å². The molecule has 1 heterocycles. The van der Waals surface area contributed by atoms with Crippen LogP contribution >= 0.6 is 0 Å². The number of methoxy groups -OCH3 is 2. The SMILES string of the molecule is COCC(CC#Cc1cccc2c(=O)[nH]c(N)nc12)OC. The Kier molecular flexibility index (Phi) is 4.93. The van der Waals surface area contributed by atoms with Crippen LogP contribution in [0.15, 0.2) is 23.0 Å². The van der Waals surface area contributed by atoms with Gasteiger partial charge in [-0.3, -0.25) is 9.78 Å². The highest BCUT2D eigenvalue weighted by atomic mass is 16.5. The number of para-hydroxylation sites is 1. The Morgan fingerprint density at radius 3 is 2.95 bits per heavy atom. The molecule has 0 saturated carbocycles. The predicted octanol–water partition coefficient (Wildman–Crippen LogP) is 0.908. The maximum absolute atomic E-state index is 11.8. The molecule has 0 radical (unpaired) electrons. The van der Waals surface area contributed by atoms with E-state index < -0.39 is 0 Å². The number of benzene rings is 1. The number of anilines is 1. The zero-order chi connectivity index (χ0) is 15.2. The molecule has 6 nitrogen and oxygen atoms in total. The van der Waals surface area contributed by atoms with Crippen molar-refractivity contribution >= 4 is 16.9 Å². The minimum absolute atomic E-state index is 0.0795. The van der Waals surface area contributed by atoms with Crippen LogP contribution in [-0.2, 0) is 9.47 Å². The molecule has 2 rings (SSSR count). The second-order valence-electron chi connectivity index (χ2n) is 4.47. The van der Waals surface area contributed by atoms with Crippen molar-refractivity contribution in [1.29, 1.82) is 0 Å². The van der Waals surface area contributed by atoms with Crippen LogP contribution in [0, 0.1) is 11.8 Å². The zero-order valence-corrected chi connectivity index (χ0v) is 12.0. The minimum atomic E-state index is -0.268. The lowest BCUT2D eigenvalue weighted by molar-refractivity contribution is 0.0318. The highest BCUT2D eigenvalue weighted by Crippen LogP contribution is 2.12. The van der Waals surface area contributed by atoms with Crippen molar-refractivity contribution < 1.29 is 9.47 Å². The lowest BCUT2D eigenvalue weighted by atomic mass is 10.1. The van der Waals surface area contributed by atoms with Gasteiger partial charge in [0.1, 0.15) is 0 Å². The molecule has 1 aromatic heterocycles. The van der Waals surface area contributed by atoms with Gasteiger partial charge in [0.2, 0.25) is 5.95 Å². The standard InChI is InChI=1S/C15H17N3O3/c1-20-9-11(21-2)7-3-5-10-6-4-8-12-13(10)17-15(16)18-14(12)19/h4,6,8,11H,7,9H2,1-2H3,(H3,16,17,18,19). The van der Waals surface area contributed by atoms with Gasteiger partial charge >= 0.3 is 0 Å². The fourth-order valence-electron chi connectivity index (χ4n) is 1.94. The smallest absolute Gasteiger partial charge is 0.260 e. The third-order valence-electron chi connectivity index (χ3n) is 2.99. The highest BCUT2D eigenvalue weighted by Gasteiger charge is 2.06. The molecule has 0 aliphatic heterocycles. The molecule has 0 saturated heterocycles. The molecular weight excluding hydrogens is 270 g/mol. The maximum Gasteiger partial charge on any atom is 0.260 e. The molecule has 1 unspecified atom stereocenters. The number of fused-ring (bicyclic) bond motifs is 1. The van der Waals surface area contributed by atoms with Gasteiger partial charge < -0.3 is 15.2 Å². The summed E-state index contributed by atoms with van der Waals surface area (Å²) in [5.41, 5.74) is 6.48. The summed E-state index contributed by atoms with van der Waals surface area (Å²) in [5, 5.41) is 0.469. The summed E-state index contributed by atoms with van der Waals surface area (Å²) in [5.74, 6) is 6.11. The average molecular weight is 287 g/mol. The first-order chi connectivity index (χ1) is 10.2. The predicted molar refractivity (Wildman–Crippen MR) is 80.9 cm³/mol. The largest absolute Gasteiger partial charge is 0.382 e. The lowest BCUT2D eigenvalue weighted by Crippen LogP contribution is -2.16. The van der Waals surface area contributed by atoms with Crippen LogP contribution in [0.2, 0.25) is 0 Å². The fraction of sp³-hybridized carbons (Fsp3) is 0.333. The quantitative estimate of drug-likeness (QED) is 0.816. The number of nitrogen functional groups attached to an aromatic ring is 1. The summed E-state index contributed by atoms with van der Waals surface area (Å²) < 4.78 is 10.3. The third kappa shape index (κ3) is 3.60. The van der Waals surface area contributed by atoms with Crippen molar-refractivity contribution in [2.45, 2.75) is 12.5 Å². The van der Waals surface area contributed by atoms with Crippen molar-refractivity contribution in [3.8, 4) is 11.8 Å². The highest BCUT2D eigenvalue weighted by molar-refractivity contribution is 5.84. The molecular formula is C15H17N3O3. The van der Waals surface area contributed by atoms with Gasteiger partial charge in [-0.05, 0) is 12.1 Å². The Morgan fingerprint density at radius 2 is 2.24 bits per heavy atom. The molecule has 110 valence electrons. The Balaban J connectivity index is 2.33. The van der Waals surface area contributed by atoms with Crippen LogP contribution in [-0.4, -0.2) is 36.9 Å².